The van der Waals surface area contributed by atoms with Crippen molar-refractivity contribution in [3.63, 3.8) is 0 Å². The van der Waals surface area contributed by atoms with Crippen molar-refractivity contribution >= 4 is 36.6 Å². The first-order valence-electron chi connectivity index (χ1n) is 16.4. The molecule has 0 aromatic heterocycles. The molecule has 2 aliphatic rings. The molecular formula is C39H47NO6Si. The van der Waals surface area contributed by atoms with Gasteiger partial charge in [0, 0.05) is 18.5 Å². The molecule has 1 saturated heterocycles. The predicted molar refractivity (Wildman–Crippen MR) is 188 cm³/mol. The first-order chi connectivity index (χ1) is 22.4. The third kappa shape index (κ3) is 6.65. The summed E-state index contributed by atoms with van der Waals surface area (Å²) in [6.07, 6.45) is 2.10. The van der Waals surface area contributed by atoms with Crippen molar-refractivity contribution in [2.45, 2.75) is 58.1 Å². The van der Waals surface area contributed by atoms with Gasteiger partial charge in [-0.1, -0.05) is 111 Å². The molecule has 0 saturated carbocycles. The Kier molecular flexibility index (Phi) is 10.4. The molecule has 0 spiro atoms. The highest BCUT2D eigenvalue weighted by Gasteiger charge is 2.55. The number of likely N-dealkylation sites (tertiary alicyclic amines) is 1. The Labute approximate surface area is 279 Å². The molecule has 2 amide bonds. The van der Waals surface area contributed by atoms with Crippen molar-refractivity contribution in [1.29, 1.82) is 0 Å². The van der Waals surface area contributed by atoms with Gasteiger partial charge < -0.3 is 19.7 Å². The summed E-state index contributed by atoms with van der Waals surface area (Å²) in [5.74, 6) is -2.42. The van der Waals surface area contributed by atoms with Gasteiger partial charge in [-0.05, 0) is 58.8 Å². The second-order valence-corrected chi connectivity index (χ2v) is 18.3. The SMILES string of the molecule is C/C(=C\c1ccccc1O)CC[C@@H](O)C1=C(CO[Si](c2ccccc2)(c2ccccc2)C(C)(C)C)C[C@H]2C(=O)N(C)C(=O)[C@H]2[C@H]1CO. The molecule has 3 aromatic carbocycles. The molecule has 3 aromatic rings. The number of rotatable bonds is 11. The predicted octanol–water partition coefficient (Wildman–Crippen LogP) is 5.05. The van der Waals surface area contributed by atoms with Crippen LogP contribution >= 0.6 is 0 Å². The van der Waals surface area contributed by atoms with Crippen LogP contribution in [0.1, 0.15) is 52.5 Å². The van der Waals surface area contributed by atoms with Gasteiger partial charge in [0.05, 0.1) is 31.2 Å². The Hall–Kier alpha value is -3.82. The van der Waals surface area contributed by atoms with E-state index in [1.54, 1.807) is 12.1 Å². The molecule has 1 heterocycles. The van der Waals surface area contributed by atoms with Gasteiger partial charge >= 0.3 is 0 Å². The molecule has 248 valence electrons. The Morgan fingerprint density at radius 2 is 1.53 bits per heavy atom. The molecule has 0 unspecified atom stereocenters. The van der Waals surface area contributed by atoms with E-state index in [2.05, 4.69) is 45.0 Å². The van der Waals surface area contributed by atoms with Crippen LogP contribution in [0.4, 0.5) is 0 Å². The summed E-state index contributed by atoms with van der Waals surface area (Å²) in [4.78, 5) is 27.9. The van der Waals surface area contributed by atoms with Crippen LogP contribution in [0.5, 0.6) is 5.75 Å². The number of allylic oxidation sites excluding steroid dienone is 1. The maximum absolute atomic E-state index is 13.3. The number of hydrogen-bond donors (Lipinski definition) is 3. The van der Waals surface area contributed by atoms with E-state index in [-0.39, 0.29) is 42.2 Å². The minimum atomic E-state index is -2.97. The molecular weight excluding hydrogens is 607 g/mol. The highest BCUT2D eigenvalue weighted by atomic mass is 28.4. The number of amides is 2. The molecule has 1 aliphatic heterocycles. The van der Waals surface area contributed by atoms with E-state index in [0.717, 1.165) is 21.5 Å². The lowest BCUT2D eigenvalue weighted by Crippen LogP contribution is -2.66. The summed E-state index contributed by atoms with van der Waals surface area (Å²) >= 11 is 0. The summed E-state index contributed by atoms with van der Waals surface area (Å²) in [6.45, 7) is 8.35. The summed E-state index contributed by atoms with van der Waals surface area (Å²) in [6, 6.07) is 27.7. The van der Waals surface area contributed by atoms with Crippen molar-refractivity contribution in [2.24, 2.45) is 17.8 Å². The summed E-state index contributed by atoms with van der Waals surface area (Å²) in [7, 11) is -1.47. The maximum atomic E-state index is 13.3. The van der Waals surface area contributed by atoms with E-state index >= 15 is 0 Å². The number of nitrogens with zero attached hydrogens (tertiary/aromatic N) is 1. The smallest absolute Gasteiger partial charge is 0.261 e. The van der Waals surface area contributed by atoms with Crippen LogP contribution < -0.4 is 10.4 Å². The number of aliphatic hydroxyl groups excluding tert-OH is 2. The molecule has 7 nitrogen and oxygen atoms in total. The van der Waals surface area contributed by atoms with E-state index in [1.807, 2.05) is 61.5 Å². The molecule has 0 bridgehead atoms. The number of aromatic hydroxyl groups is 1. The first-order valence-corrected chi connectivity index (χ1v) is 18.3. The van der Waals surface area contributed by atoms with Gasteiger partial charge in [-0.15, -0.1) is 0 Å². The topological polar surface area (TPSA) is 107 Å². The van der Waals surface area contributed by atoms with Gasteiger partial charge in [0.15, 0.2) is 0 Å². The van der Waals surface area contributed by atoms with Crippen molar-refractivity contribution in [3.05, 3.63) is 107 Å². The van der Waals surface area contributed by atoms with Crippen LogP contribution in [0.25, 0.3) is 6.08 Å². The molecule has 4 atom stereocenters. The minimum Gasteiger partial charge on any atom is -0.507 e. The Balaban J connectivity index is 1.56. The second-order valence-electron chi connectivity index (χ2n) is 14.0. The zero-order valence-corrected chi connectivity index (χ0v) is 29.0. The Morgan fingerprint density at radius 1 is 0.957 bits per heavy atom. The largest absolute Gasteiger partial charge is 0.507 e. The van der Waals surface area contributed by atoms with Crippen LogP contribution in [0.3, 0.4) is 0 Å². The fourth-order valence-corrected chi connectivity index (χ4v) is 12.2. The van der Waals surface area contributed by atoms with Gasteiger partial charge in [0.25, 0.3) is 8.32 Å². The van der Waals surface area contributed by atoms with E-state index < -0.39 is 32.2 Å². The number of benzene rings is 3. The van der Waals surface area contributed by atoms with Crippen LogP contribution in [0, 0.1) is 17.8 Å². The monoisotopic (exact) mass is 653 g/mol. The second kappa shape index (κ2) is 14.1. The number of carbonyl (C=O) groups is 2. The van der Waals surface area contributed by atoms with Crippen molar-refractivity contribution in [3.8, 4) is 5.75 Å². The lowest BCUT2D eigenvalue weighted by molar-refractivity contribution is -0.138. The van der Waals surface area contributed by atoms with Crippen molar-refractivity contribution in [2.75, 3.05) is 20.3 Å². The van der Waals surface area contributed by atoms with Gasteiger partial charge in [-0.25, -0.2) is 0 Å². The molecule has 3 N–H and O–H groups in total. The standard InChI is InChI=1S/C39H47NO6Si/c1-26(22-27-14-12-13-19-33(27)42)20-21-34(43)35-28(23-31-36(32(35)24-41)38(45)40(5)37(31)44)25-46-47(39(2,3)4,29-15-8-6-9-16-29)30-17-10-7-11-18-30/h6-19,22,31-32,34,36,41-43H,20-21,23-25H2,1-5H3/b26-22+/t31-,32+,34-,36-/m1/s1. The molecule has 1 aliphatic carbocycles. The van der Waals surface area contributed by atoms with E-state index in [1.165, 1.54) is 11.9 Å². The fourth-order valence-electron chi connectivity index (χ4n) is 7.67. The Bertz CT molecular complexity index is 1610. The molecule has 8 heteroatoms. The molecule has 0 radical (unpaired) electrons. The number of aliphatic hydroxyl groups is 2. The third-order valence-corrected chi connectivity index (χ3v) is 15.0. The molecule has 5 rings (SSSR count). The number of phenolic OH excluding ortho intramolecular Hbond substituents is 1. The minimum absolute atomic E-state index is 0.164. The normalized spacial score (nSPS) is 21.3. The average Bonchev–Trinajstić information content (AvgIpc) is 3.27. The zero-order valence-electron chi connectivity index (χ0n) is 28.0. The first kappa shape index (κ1) is 34.5. The van der Waals surface area contributed by atoms with Crippen molar-refractivity contribution < 1.29 is 29.3 Å². The van der Waals surface area contributed by atoms with E-state index in [0.29, 0.717) is 24.0 Å². The lowest BCUT2D eigenvalue weighted by Gasteiger charge is -2.44. The summed E-state index contributed by atoms with van der Waals surface area (Å²) in [5, 5.41) is 34.8. The number of phenols is 1. The van der Waals surface area contributed by atoms with Crippen LogP contribution in [-0.2, 0) is 14.0 Å². The van der Waals surface area contributed by atoms with E-state index in [4.69, 9.17) is 4.43 Å². The third-order valence-electron chi connectivity index (χ3n) is 9.99. The van der Waals surface area contributed by atoms with Gasteiger partial charge in [-0.2, -0.15) is 0 Å². The molecule has 1 fully saturated rings. The average molecular weight is 654 g/mol. The van der Waals surface area contributed by atoms with E-state index in [9.17, 15) is 24.9 Å². The van der Waals surface area contributed by atoms with Crippen molar-refractivity contribution in [1.82, 2.24) is 4.90 Å². The Morgan fingerprint density at radius 3 is 2.09 bits per heavy atom. The highest BCUT2D eigenvalue weighted by Crippen LogP contribution is 2.47. The van der Waals surface area contributed by atoms with Crippen LogP contribution in [0.15, 0.2) is 102 Å². The van der Waals surface area contributed by atoms with Crippen LogP contribution in [-0.4, -0.2) is 66.7 Å². The molecule has 47 heavy (non-hydrogen) atoms. The number of fused-ring (bicyclic) bond motifs is 1. The van der Waals surface area contributed by atoms with Gasteiger partial charge in [-0.3, -0.25) is 14.5 Å². The quantitative estimate of drug-likeness (QED) is 0.152. The van der Waals surface area contributed by atoms with Crippen LogP contribution in [0.2, 0.25) is 5.04 Å². The summed E-state index contributed by atoms with van der Waals surface area (Å²) in [5.41, 5.74) is 3.06. The zero-order chi connectivity index (χ0) is 33.9. The number of imide groups is 1. The number of carbonyl (C=O) groups excluding carboxylic acids is 2. The van der Waals surface area contributed by atoms with Gasteiger partial charge in [0.1, 0.15) is 5.75 Å². The number of para-hydroxylation sites is 1. The fraction of sp³-hybridized carbons (Fsp3) is 0.385. The lowest BCUT2D eigenvalue weighted by atomic mass is 9.68. The maximum Gasteiger partial charge on any atom is 0.261 e. The highest BCUT2D eigenvalue weighted by molar-refractivity contribution is 6.99. The number of hydrogen-bond acceptors (Lipinski definition) is 6. The summed E-state index contributed by atoms with van der Waals surface area (Å²) < 4.78 is 7.27. The van der Waals surface area contributed by atoms with Gasteiger partial charge in [0.2, 0.25) is 11.8 Å².